The minimum absolute atomic E-state index is 0.132. The summed E-state index contributed by atoms with van der Waals surface area (Å²) in [6.07, 6.45) is 2.47. The molecule has 0 aliphatic rings. The van der Waals surface area contributed by atoms with Crippen molar-refractivity contribution in [3.8, 4) is 0 Å². The van der Waals surface area contributed by atoms with Gasteiger partial charge in [-0.15, -0.1) is 0 Å². The van der Waals surface area contributed by atoms with Gasteiger partial charge in [0.25, 0.3) is 0 Å². The quantitative estimate of drug-likeness (QED) is 0.686. The molecule has 2 aromatic heterocycles. The third kappa shape index (κ3) is 4.55. The van der Waals surface area contributed by atoms with E-state index >= 15 is 0 Å². The molecule has 110 valence electrons. The van der Waals surface area contributed by atoms with E-state index < -0.39 is 0 Å². The Morgan fingerprint density at radius 2 is 2.10 bits per heavy atom. The number of nitrogens with two attached hydrogens (primary N) is 2. The first-order valence-electron chi connectivity index (χ1n) is 6.38. The van der Waals surface area contributed by atoms with E-state index in [1.54, 1.807) is 18.3 Å². The number of aromatic nitrogens is 2. The molecule has 7 heteroatoms. The number of aryl methyl sites for hydroxylation is 2. The maximum atomic E-state index is 12.0. The fourth-order valence-corrected chi connectivity index (χ4v) is 2.35. The molecule has 0 atom stereocenters. The van der Waals surface area contributed by atoms with Crippen LogP contribution in [0.25, 0.3) is 0 Å². The predicted octanol–water partition coefficient (Wildman–Crippen LogP) is 2.13. The second-order valence-corrected chi connectivity index (χ2v) is 5.94. The number of nitrogen functional groups attached to an aromatic ring is 2. The number of nitrogens with one attached hydrogen (secondary N) is 1. The number of amides is 1. The molecule has 0 bridgehead atoms. The van der Waals surface area contributed by atoms with E-state index in [9.17, 15) is 4.79 Å². The lowest BCUT2D eigenvalue weighted by atomic mass is 10.1. The minimum atomic E-state index is -0.132. The van der Waals surface area contributed by atoms with Crippen molar-refractivity contribution in [2.45, 2.75) is 19.8 Å². The van der Waals surface area contributed by atoms with Gasteiger partial charge < -0.3 is 16.8 Å². The molecule has 0 saturated heterocycles. The van der Waals surface area contributed by atoms with E-state index in [0.29, 0.717) is 30.2 Å². The van der Waals surface area contributed by atoms with Crippen molar-refractivity contribution in [2.75, 3.05) is 16.8 Å². The molecule has 2 heterocycles. The fourth-order valence-electron chi connectivity index (χ4n) is 1.90. The first-order valence-corrected chi connectivity index (χ1v) is 7.46. The van der Waals surface area contributed by atoms with Gasteiger partial charge in [0.2, 0.25) is 5.91 Å². The first-order chi connectivity index (χ1) is 9.94. The van der Waals surface area contributed by atoms with Crippen molar-refractivity contribution in [1.82, 2.24) is 9.97 Å². The summed E-state index contributed by atoms with van der Waals surface area (Å²) in [7, 11) is 0. The van der Waals surface area contributed by atoms with E-state index in [1.807, 2.05) is 13.0 Å². The van der Waals surface area contributed by atoms with Gasteiger partial charge in [0, 0.05) is 21.9 Å². The smallest absolute Gasteiger partial charge is 0.224 e. The highest BCUT2D eigenvalue weighted by Gasteiger charge is 2.08. The summed E-state index contributed by atoms with van der Waals surface area (Å²) in [5.41, 5.74) is 13.8. The third-order valence-corrected chi connectivity index (χ3v) is 3.40. The summed E-state index contributed by atoms with van der Waals surface area (Å²) >= 11 is 2.11. The van der Waals surface area contributed by atoms with E-state index in [2.05, 4.69) is 37.9 Å². The predicted molar refractivity (Wildman–Crippen MR) is 91.7 cm³/mol. The van der Waals surface area contributed by atoms with Crippen molar-refractivity contribution in [3.63, 3.8) is 0 Å². The van der Waals surface area contributed by atoms with Crippen LogP contribution in [0.2, 0.25) is 0 Å². The zero-order chi connectivity index (χ0) is 15.4. The van der Waals surface area contributed by atoms with Crippen LogP contribution < -0.4 is 16.8 Å². The van der Waals surface area contributed by atoms with Crippen LogP contribution in [0.1, 0.15) is 17.7 Å². The number of carbonyl (C=O) groups excluding carboxylic acids is 1. The Hall–Kier alpha value is -1.90. The van der Waals surface area contributed by atoms with Crippen molar-refractivity contribution < 1.29 is 4.79 Å². The first kappa shape index (κ1) is 15.5. The second kappa shape index (κ2) is 6.70. The number of pyridine rings is 2. The van der Waals surface area contributed by atoms with E-state index in [-0.39, 0.29) is 5.91 Å². The number of nitrogens with zero attached hydrogens (tertiary/aromatic N) is 2. The van der Waals surface area contributed by atoms with Crippen LogP contribution in [-0.4, -0.2) is 15.9 Å². The van der Waals surface area contributed by atoms with Crippen molar-refractivity contribution >= 4 is 45.8 Å². The normalized spacial score (nSPS) is 10.4. The minimum Gasteiger partial charge on any atom is -0.384 e. The number of hydrogen-bond acceptors (Lipinski definition) is 5. The second-order valence-electron chi connectivity index (χ2n) is 4.70. The van der Waals surface area contributed by atoms with Crippen LogP contribution in [0.4, 0.5) is 17.3 Å². The van der Waals surface area contributed by atoms with Gasteiger partial charge in [0.05, 0.1) is 5.69 Å². The van der Waals surface area contributed by atoms with E-state index in [1.165, 1.54) is 0 Å². The zero-order valence-corrected chi connectivity index (χ0v) is 13.7. The Bertz CT molecular complexity index is 654. The molecule has 0 aromatic carbocycles. The average molecular weight is 397 g/mol. The highest BCUT2D eigenvalue weighted by atomic mass is 127. The molecule has 2 aromatic rings. The number of halogens is 1. The molecular formula is C14H16IN5O. The molecule has 0 fully saturated rings. The van der Waals surface area contributed by atoms with Gasteiger partial charge in [-0.05, 0) is 59.7 Å². The summed E-state index contributed by atoms with van der Waals surface area (Å²) in [6.45, 7) is 1.94. The Morgan fingerprint density at radius 1 is 1.33 bits per heavy atom. The van der Waals surface area contributed by atoms with Crippen LogP contribution in [0.15, 0.2) is 24.4 Å². The maximum absolute atomic E-state index is 12.0. The molecule has 0 saturated carbocycles. The number of hydrogen-bond donors (Lipinski definition) is 3. The van der Waals surface area contributed by atoms with Gasteiger partial charge in [0.15, 0.2) is 0 Å². The highest BCUT2D eigenvalue weighted by Crippen LogP contribution is 2.18. The number of anilines is 3. The van der Waals surface area contributed by atoms with E-state index in [4.69, 9.17) is 11.5 Å². The van der Waals surface area contributed by atoms with Gasteiger partial charge in [-0.1, -0.05) is 0 Å². The van der Waals surface area contributed by atoms with Crippen molar-refractivity contribution in [2.24, 2.45) is 0 Å². The van der Waals surface area contributed by atoms with Crippen LogP contribution in [0.3, 0.4) is 0 Å². The van der Waals surface area contributed by atoms with Gasteiger partial charge in [0.1, 0.15) is 11.6 Å². The number of carbonyl (C=O) groups is 1. The molecule has 0 spiro atoms. The Balaban J connectivity index is 1.97. The number of rotatable bonds is 4. The van der Waals surface area contributed by atoms with Gasteiger partial charge in [-0.3, -0.25) is 4.79 Å². The van der Waals surface area contributed by atoms with Crippen molar-refractivity contribution in [3.05, 3.63) is 39.2 Å². The maximum Gasteiger partial charge on any atom is 0.224 e. The Morgan fingerprint density at radius 3 is 2.81 bits per heavy atom. The molecule has 0 aliphatic heterocycles. The van der Waals surface area contributed by atoms with Crippen LogP contribution in [-0.2, 0) is 11.2 Å². The summed E-state index contributed by atoms with van der Waals surface area (Å²) in [4.78, 5) is 20.2. The van der Waals surface area contributed by atoms with Crippen LogP contribution >= 0.6 is 22.6 Å². The van der Waals surface area contributed by atoms with Crippen LogP contribution in [0.5, 0.6) is 0 Å². The molecule has 0 unspecified atom stereocenters. The molecule has 2 rings (SSSR count). The van der Waals surface area contributed by atoms with E-state index in [0.717, 1.165) is 14.8 Å². The lowest BCUT2D eigenvalue weighted by molar-refractivity contribution is -0.116. The summed E-state index contributed by atoms with van der Waals surface area (Å²) in [5.74, 6) is 0.644. The average Bonchev–Trinajstić information content (AvgIpc) is 2.40. The summed E-state index contributed by atoms with van der Waals surface area (Å²) < 4.78 is 0.908. The Kier molecular flexibility index (Phi) is 4.94. The zero-order valence-electron chi connectivity index (χ0n) is 11.6. The van der Waals surface area contributed by atoms with Crippen molar-refractivity contribution in [1.29, 1.82) is 0 Å². The summed E-state index contributed by atoms with van der Waals surface area (Å²) in [5, 5.41) is 2.76. The largest absolute Gasteiger partial charge is 0.384 e. The highest BCUT2D eigenvalue weighted by molar-refractivity contribution is 14.1. The molecule has 6 nitrogen and oxygen atoms in total. The lowest BCUT2D eigenvalue weighted by Gasteiger charge is -2.08. The lowest BCUT2D eigenvalue weighted by Crippen LogP contribution is -2.14. The monoisotopic (exact) mass is 397 g/mol. The third-order valence-electron chi connectivity index (χ3n) is 2.81. The SMILES string of the molecule is Cc1cc(N)nc(CCC(=O)Nc2cc(I)cnc2N)c1. The fraction of sp³-hybridized carbons (Fsp3) is 0.214. The van der Waals surface area contributed by atoms with Crippen LogP contribution in [0, 0.1) is 10.5 Å². The molecule has 0 radical (unpaired) electrons. The van der Waals surface area contributed by atoms with Gasteiger partial charge in [-0.2, -0.15) is 0 Å². The topological polar surface area (TPSA) is 107 Å². The summed E-state index contributed by atoms with van der Waals surface area (Å²) in [6, 6.07) is 5.50. The molecule has 0 aliphatic carbocycles. The standard InChI is InChI=1S/C14H16IN5O/c1-8-4-10(19-12(16)5-8)2-3-13(21)20-11-6-9(15)7-18-14(11)17/h4-7H,2-3H2,1H3,(H2,16,19)(H2,17,18)(H,20,21). The molecule has 21 heavy (non-hydrogen) atoms. The Labute approximate surface area is 136 Å². The van der Waals surface area contributed by atoms with Gasteiger partial charge in [-0.25, -0.2) is 9.97 Å². The molecule has 1 amide bonds. The van der Waals surface area contributed by atoms with Gasteiger partial charge >= 0.3 is 0 Å². The molecule has 5 N–H and O–H groups in total. The molecular weight excluding hydrogens is 381 g/mol.